The van der Waals surface area contributed by atoms with Crippen molar-refractivity contribution in [3.8, 4) is 0 Å². The number of ether oxygens (including phenoxy) is 8. The van der Waals surface area contributed by atoms with Gasteiger partial charge in [0.05, 0.1) is 105 Å². The molecule has 1 aliphatic heterocycles. The van der Waals surface area contributed by atoms with Crippen LogP contribution in [0.25, 0.3) is 0 Å². The molecule has 0 aromatic heterocycles. The fourth-order valence-corrected chi connectivity index (χ4v) is 5.87. The van der Waals surface area contributed by atoms with Crippen molar-refractivity contribution in [3.63, 3.8) is 0 Å². The molecule has 0 N–H and O–H groups in total. The highest BCUT2D eigenvalue weighted by molar-refractivity contribution is 4.97. The van der Waals surface area contributed by atoms with Gasteiger partial charge in [-0.2, -0.15) is 0 Å². The van der Waals surface area contributed by atoms with Crippen molar-refractivity contribution in [2.75, 3.05) is 99.1 Å². The average molecular weight is 517 g/mol. The van der Waals surface area contributed by atoms with Crippen LogP contribution in [-0.2, 0) is 37.9 Å². The maximum atomic E-state index is 6.86. The summed E-state index contributed by atoms with van der Waals surface area (Å²) in [5.41, 5.74) is -0.213. The predicted molar refractivity (Wildman–Crippen MR) is 138 cm³/mol. The molecular weight excluding hydrogens is 464 g/mol. The Hall–Kier alpha value is -0.320. The molecule has 36 heavy (non-hydrogen) atoms. The summed E-state index contributed by atoms with van der Waals surface area (Å²) in [5.74, 6) is 1.13. The molecular formula is C28H52O8. The first-order valence-corrected chi connectivity index (χ1v) is 14.6. The second-order valence-corrected chi connectivity index (χ2v) is 10.2. The fourth-order valence-electron chi connectivity index (χ4n) is 5.87. The van der Waals surface area contributed by atoms with Crippen LogP contribution in [0.2, 0.25) is 0 Å². The van der Waals surface area contributed by atoms with E-state index in [0.717, 1.165) is 0 Å². The molecule has 2 aliphatic carbocycles. The Morgan fingerprint density at radius 1 is 0.333 bits per heavy atom. The third-order valence-electron chi connectivity index (χ3n) is 7.75. The van der Waals surface area contributed by atoms with Crippen molar-refractivity contribution in [1.82, 2.24) is 0 Å². The van der Waals surface area contributed by atoms with Gasteiger partial charge in [-0.1, -0.05) is 38.5 Å². The monoisotopic (exact) mass is 516 g/mol. The van der Waals surface area contributed by atoms with E-state index in [-0.39, 0.29) is 5.60 Å². The number of hydrogen-bond acceptors (Lipinski definition) is 8. The van der Waals surface area contributed by atoms with Gasteiger partial charge < -0.3 is 37.9 Å². The Morgan fingerprint density at radius 2 is 0.639 bits per heavy atom. The van der Waals surface area contributed by atoms with Crippen molar-refractivity contribution < 1.29 is 37.9 Å². The Labute approximate surface area is 218 Å². The van der Waals surface area contributed by atoms with Crippen molar-refractivity contribution in [2.24, 2.45) is 11.8 Å². The van der Waals surface area contributed by atoms with E-state index in [2.05, 4.69) is 0 Å². The second-order valence-electron chi connectivity index (χ2n) is 10.2. The summed E-state index contributed by atoms with van der Waals surface area (Å²) in [6.07, 6.45) is 12.9. The normalized spacial score (nSPS) is 27.7. The third-order valence-corrected chi connectivity index (χ3v) is 7.75. The van der Waals surface area contributed by atoms with E-state index in [1.54, 1.807) is 0 Å². The van der Waals surface area contributed by atoms with Crippen molar-refractivity contribution in [1.29, 1.82) is 0 Å². The summed E-state index contributed by atoms with van der Waals surface area (Å²) in [5, 5.41) is 0. The van der Waals surface area contributed by atoms with E-state index in [4.69, 9.17) is 37.9 Å². The highest BCUT2D eigenvalue weighted by atomic mass is 16.6. The van der Waals surface area contributed by atoms with Gasteiger partial charge in [0.1, 0.15) is 0 Å². The Morgan fingerprint density at radius 3 is 1.00 bits per heavy atom. The lowest BCUT2D eigenvalue weighted by Crippen LogP contribution is -2.53. The average Bonchev–Trinajstić information content (AvgIpc) is 2.93. The summed E-state index contributed by atoms with van der Waals surface area (Å²) in [7, 11) is 0. The molecule has 3 rings (SSSR count). The summed E-state index contributed by atoms with van der Waals surface area (Å²) in [4.78, 5) is 0. The van der Waals surface area contributed by atoms with Gasteiger partial charge in [-0.15, -0.1) is 0 Å². The van der Waals surface area contributed by atoms with Gasteiger partial charge in [-0.3, -0.25) is 0 Å². The lowest BCUT2D eigenvalue weighted by atomic mass is 9.66. The molecule has 1 heterocycles. The molecule has 0 amide bonds. The van der Waals surface area contributed by atoms with Crippen LogP contribution in [0.1, 0.15) is 64.2 Å². The SMILES string of the molecule is C1CCC(C2(C3CCCCC3)COCCOCCOCCOCCOCCOCCOCCO2)CC1. The molecule has 0 spiro atoms. The quantitative estimate of drug-likeness (QED) is 0.545. The number of rotatable bonds is 2. The lowest BCUT2D eigenvalue weighted by Gasteiger charge is -2.48. The molecule has 3 aliphatic rings. The standard InChI is InChI=1S/C28H52O8/c1-3-7-26(8-4-1)28(27-9-5-2-6-10-27)25-35-22-21-33-18-17-31-14-13-29-11-12-30-15-16-32-19-20-34-23-24-36-28/h26-27H,1-25H2. The number of hydrogen-bond donors (Lipinski definition) is 0. The van der Waals surface area contributed by atoms with Gasteiger partial charge >= 0.3 is 0 Å². The molecule has 0 atom stereocenters. The Kier molecular flexibility index (Phi) is 16.5. The van der Waals surface area contributed by atoms with Gasteiger partial charge in [-0.05, 0) is 37.5 Å². The summed E-state index contributed by atoms with van der Waals surface area (Å²) in [6.45, 7) is 8.63. The molecule has 2 saturated carbocycles. The predicted octanol–water partition coefficient (Wildman–Crippen LogP) is 4.03. The van der Waals surface area contributed by atoms with Crippen LogP contribution in [0.5, 0.6) is 0 Å². The summed E-state index contributed by atoms with van der Waals surface area (Å²) in [6, 6.07) is 0. The van der Waals surface area contributed by atoms with Crippen LogP contribution >= 0.6 is 0 Å². The smallest absolute Gasteiger partial charge is 0.0971 e. The largest absolute Gasteiger partial charge is 0.377 e. The Bertz CT molecular complexity index is 464. The van der Waals surface area contributed by atoms with Crippen molar-refractivity contribution >= 4 is 0 Å². The molecule has 8 heteroatoms. The van der Waals surface area contributed by atoms with Gasteiger partial charge in [0.15, 0.2) is 0 Å². The molecule has 0 unspecified atom stereocenters. The Balaban J connectivity index is 1.53. The highest BCUT2D eigenvalue weighted by Crippen LogP contribution is 2.45. The van der Waals surface area contributed by atoms with Crippen LogP contribution in [0.15, 0.2) is 0 Å². The second kappa shape index (κ2) is 19.7. The topological polar surface area (TPSA) is 73.8 Å². The summed E-state index contributed by atoms with van der Waals surface area (Å²) < 4.78 is 47.0. The zero-order valence-electron chi connectivity index (χ0n) is 22.6. The van der Waals surface area contributed by atoms with Gasteiger partial charge in [-0.25, -0.2) is 0 Å². The van der Waals surface area contributed by atoms with E-state index in [0.29, 0.717) is 111 Å². The van der Waals surface area contributed by atoms with Gasteiger partial charge in [0, 0.05) is 0 Å². The first-order chi connectivity index (χ1) is 17.9. The van der Waals surface area contributed by atoms with Crippen LogP contribution in [0.4, 0.5) is 0 Å². The van der Waals surface area contributed by atoms with Gasteiger partial charge in [0.25, 0.3) is 0 Å². The van der Waals surface area contributed by atoms with Gasteiger partial charge in [0.2, 0.25) is 0 Å². The van der Waals surface area contributed by atoms with Crippen LogP contribution in [-0.4, -0.2) is 105 Å². The molecule has 0 bridgehead atoms. The third kappa shape index (κ3) is 11.6. The molecule has 1 saturated heterocycles. The summed E-state index contributed by atoms with van der Waals surface area (Å²) >= 11 is 0. The minimum atomic E-state index is -0.213. The van der Waals surface area contributed by atoms with E-state index in [1.807, 2.05) is 0 Å². The molecule has 3 fully saturated rings. The van der Waals surface area contributed by atoms with E-state index >= 15 is 0 Å². The molecule has 0 aromatic carbocycles. The van der Waals surface area contributed by atoms with E-state index in [1.165, 1.54) is 64.2 Å². The molecule has 212 valence electrons. The maximum Gasteiger partial charge on any atom is 0.0971 e. The van der Waals surface area contributed by atoms with Crippen LogP contribution in [0.3, 0.4) is 0 Å². The zero-order chi connectivity index (χ0) is 25.0. The maximum absolute atomic E-state index is 6.86. The van der Waals surface area contributed by atoms with Crippen LogP contribution in [0, 0.1) is 11.8 Å². The van der Waals surface area contributed by atoms with Crippen LogP contribution < -0.4 is 0 Å². The first kappa shape index (κ1) is 30.2. The molecule has 8 nitrogen and oxygen atoms in total. The first-order valence-electron chi connectivity index (χ1n) is 14.6. The minimum absolute atomic E-state index is 0.213. The van der Waals surface area contributed by atoms with E-state index < -0.39 is 0 Å². The lowest BCUT2D eigenvalue weighted by molar-refractivity contribution is -0.186. The fraction of sp³-hybridized carbons (Fsp3) is 1.00. The van der Waals surface area contributed by atoms with E-state index in [9.17, 15) is 0 Å². The molecule has 0 radical (unpaired) electrons. The minimum Gasteiger partial charge on any atom is -0.377 e. The molecule has 0 aromatic rings. The van der Waals surface area contributed by atoms with Crippen molar-refractivity contribution in [2.45, 2.75) is 69.8 Å². The zero-order valence-corrected chi connectivity index (χ0v) is 22.6. The van der Waals surface area contributed by atoms with Crippen molar-refractivity contribution in [3.05, 3.63) is 0 Å². The highest BCUT2D eigenvalue weighted by Gasteiger charge is 2.47.